The molecule has 172 valence electrons. The largest absolute Gasteiger partial charge is 0.497 e. The molecule has 1 amide bonds. The first-order chi connectivity index (χ1) is 15.8. The van der Waals surface area contributed by atoms with Crippen LogP contribution < -0.4 is 10.1 Å². The standard InChI is InChI=1S/C28H32N2O3/c1-28(2,3)25(16-27(31)29-17-22-8-7-15-33-22)24-19-30(26-10-6-5-9-23(24)26)18-20-11-13-21(32-4)14-12-20/h5-15,19,25H,16-18H2,1-4H3,(H,29,31)/t25-/m0/s1. The fraction of sp³-hybridized carbons (Fsp3) is 0.321. The van der Waals surface area contributed by atoms with E-state index in [4.69, 9.17) is 9.15 Å². The van der Waals surface area contributed by atoms with Crippen molar-refractivity contribution in [3.63, 3.8) is 0 Å². The second-order valence-corrected chi connectivity index (χ2v) is 9.56. The molecule has 0 aliphatic rings. The third-order valence-electron chi connectivity index (χ3n) is 6.18. The molecule has 0 aliphatic carbocycles. The van der Waals surface area contributed by atoms with Crippen LogP contribution in [0, 0.1) is 5.41 Å². The van der Waals surface area contributed by atoms with Gasteiger partial charge in [0.2, 0.25) is 5.91 Å². The molecule has 2 aromatic carbocycles. The van der Waals surface area contributed by atoms with Crippen LogP contribution in [-0.4, -0.2) is 17.6 Å². The number of fused-ring (bicyclic) bond motifs is 1. The lowest BCUT2D eigenvalue weighted by Gasteiger charge is -2.30. The summed E-state index contributed by atoms with van der Waals surface area (Å²) in [5.74, 6) is 1.70. The molecule has 0 unspecified atom stereocenters. The predicted octanol–water partition coefficient (Wildman–Crippen LogP) is 6.13. The van der Waals surface area contributed by atoms with E-state index in [2.05, 4.69) is 73.3 Å². The van der Waals surface area contributed by atoms with Crippen molar-refractivity contribution in [1.29, 1.82) is 0 Å². The maximum atomic E-state index is 12.9. The van der Waals surface area contributed by atoms with E-state index in [0.29, 0.717) is 13.0 Å². The molecule has 0 bridgehead atoms. The summed E-state index contributed by atoms with van der Waals surface area (Å²) in [5, 5.41) is 4.21. The van der Waals surface area contributed by atoms with Crippen molar-refractivity contribution in [3.8, 4) is 5.75 Å². The minimum Gasteiger partial charge on any atom is -0.497 e. The molecule has 0 radical (unpaired) electrons. The molecule has 2 aromatic heterocycles. The van der Waals surface area contributed by atoms with Crippen LogP contribution in [0.5, 0.6) is 5.75 Å². The minimum atomic E-state index is -0.0862. The summed E-state index contributed by atoms with van der Waals surface area (Å²) in [6, 6.07) is 20.3. The van der Waals surface area contributed by atoms with E-state index in [1.807, 2.05) is 24.3 Å². The molecule has 4 rings (SSSR count). The number of carbonyl (C=O) groups is 1. The zero-order chi connectivity index (χ0) is 23.4. The maximum Gasteiger partial charge on any atom is 0.221 e. The van der Waals surface area contributed by atoms with E-state index in [-0.39, 0.29) is 17.2 Å². The van der Waals surface area contributed by atoms with Crippen molar-refractivity contribution in [1.82, 2.24) is 9.88 Å². The van der Waals surface area contributed by atoms with Crippen LogP contribution >= 0.6 is 0 Å². The van der Waals surface area contributed by atoms with Crippen LogP contribution in [0.4, 0.5) is 0 Å². The molecule has 0 fully saturated rings. The molecular formula is C28H32N2O3. The predicted molar refractivity (Wildman–Crippen MR) is 131 cm³/mol. The highest BCUT2D eigenvalue weighted by Gasteiger charge is 2.31. The number of furan rings is 1. The Labute approximate surface area is 195 Å². The first-order valence-corrected chi connectivity index (χ1v) is 11.3. The van der Waals surface area contributed by atoms with E-state index in [0.717, 1.165) is 18.1 Å². The second-order valence-electron chi connectivity index (χ2n) is 9.56. The summed E-state index contributed by atoms with van der Waals surface area (Å²) in [7, 11) is 1.68. The van der Waals surface area contributed by atoms with Gasteiger partial charge in [0.05, 0.1) is 19.9 Å². The number of carbonyl (C=O) groups excluding carboxylic acids is 1. The van der Waals surface area contributed by atoms with E-state index < -0.39 is 0 Å². The summed E-state index contributed by atoms with van der Waals surface area (Å²) in [6.45, 7) is 7.77. The first-order valence-electron chi connectivity index (χ1n) is 11.3. The van der Waals surface area contributed by atoms with Crippen molar-refractivity contribution >= 4 is 16.8 Å². The summed E-state index contributed by atoms with van der Waals surface area (Å²) in [4.78, 5) is 12.9. The summed E-state index contributed by atoms with van der Waals surface area (Å²) >= 11 is 0. The van der Waals surface area contributed by atoms with Crippen molar-refractivity contribution in [2.24, 2.45) is 5.41 Å². The Morgan fingerprint density at radius 3 is 2.48 bits per heavy atom. The van der Waals surface area contributed by atoms with Crippen LogP contribution in [-0.2, 0) is 17.9 Å². The van der Waals surface area contributed by atoms with Crippen LogP contribution in [0.3, 0.4) is 0 Å². The van der Waals surface area contributed by atoms with Crippen molar-refractivity contribution in [2.45, 2.75) is 46.2 Å². The molecular weight excluding hydrogens is 412 g/mol. The van der Waals surface area contributed by atoms with Gasteiger partial charge in [-0.3, -0.25) is 4.79 Å². The van der Waals surface area contributed by atoms with Crippen molar-refractivity contribution in [2.75, 3.05) is 7.11 Å². The third-order valence-corrected chi connectivity index (χ3v) is 6.18. The van der Waals surface area contributed by atoms with Crippen molar-refractivity contribution < 1.29 is 13.9 Å². The zero-order valence-electron chi connectivity index (χ0n) is 19.8. The number of rotatable bonds is 8. The molecule has 2 heterocycles. The Kier molecular flexibility index (Phi) is 6.59. The van der Waals surface area contributed by atoms with Gasteiger partial charge in [-0.15, -0.1) is 0 Å². The number of benzene rings is 2. The first kappa shape index (κ1) is 22.7. The van der Waals surface area contributed by atoms with Gasteiger partial charge < -0.3 is 19.0 Å². The van der Waals surface area contributed by atoms with E-state index in [1.54, 1.807) is 13.4 Å². The highest BCUT2D eigenvalue weighted by atomic mass is 16.5. The van der Waals surface area contributed by atoms with E-state index in [1.165, 1.54) is 22.0 Å². The second kappa shape index (κ2) is 9.57. The molecule has 5 nitrogen and oxygen atoms in total. The van der Waals surface area contributed by atoms with Gasteiger partial charge in [-0.25, -0.2) is 0 Å². The Morgan fingerprint density at radius 1 is 1.06 bits per heavy atom. The smallest absolute Gasteiger partial charge is 0.221 e. The van der Waals surface area contributed by atoms with Crippen LogP contribution in [0.15, 0.2) is 77.5 Å². The normalized spacial score (nSPS) is 12.6. The molecule has 33 heavy (non-hydrogen) atoms. The molecule has 0 aliphatic heterocycles. The SMILES string of the molecule is COc1ccc(Cn2cc([C@H](CC(=O)NCc3ccco3)C(C)(C)C)c3ccccc32)cc1. The topological polar surface area (TPSA) is 56.4 Å². The molecule has 4 aromatic rings. The zero-order valence-corrected chi connectivity index (χ0v) is 19.8. The lowest BCUT2D eigenvalue weighted by Crippen LogP contribution is -2.29. The summed E-state index contributed by atoms with van der Waals surface area (Å²) < 4.78 is 12.9. The fourth-order valence-electron chi connectivity index (χ4n) is 4.35. The molecule has 0 saturated carbocycles. The van der Waals surface area contributed by atoms with Crippen LogP contribution in [0.2, 0.25) is 0 Å². The van der Waals surface area contributed by atoms with Gasteiger partial charge in [-0.2, -0.15) is 0 Å². The van der Waals surface area contributed by atoms with Crippen LogP contribution in [0.1, 0.15) is 50.0 Å². The molecule has 0 spiro atoms. The number of hydrogen-bond acceptors (Lipinski definition) is 3. The highest BCUT2D eigenvalue weighted by molar-refractivity contribution is 5.86. The monoisotopic (exact) mass is 444 g/mol. The van der Waals surface area contributed by atoms with Gasteiger partial charge in [0, 0.05) is 30.1 Å². The number of nitrogens with one attached hydrogen (secondary N) is 1. The van der Waals surface area contributed by atoms with E-state index >= 15 is 0 Å². The average Bonchev–Trinajstić information content (AvgIpc) is 3.44. The fourth-order valence-corrected chi connectivity index (χ4v) is 4.35. The van der Waals surface area contributed by atoms with Gasteiger partial charge in [0.1, 0.15) is 11.5 Å². The van der Waals surface area contributed by atoms with Gasteiger partial charge in [-0.05, 0) is 52.8 Å². The molecule has 1 atom stereocenters. The number of ether oxygens (including phenoxy) is 1. The molecule has 1 N–H and O–H groups in total. The quantitative estimate of drug-likeness (QED) is 0.356. The maximum absolute atomic E-state index is 12.9. The van der Waals surface area contributed by atoms with Gasteiger partial charge in [0.15, 0.2) is 0 Å². The van der Waals surface area contributed by atoms with Gasteiger partial charge in [0.25, 0.3) is 0 Å². The van der Waals surface area contributed by atoms with E-state index in [9.17, 15) is 4.79 Å². The molecule has 5 heteroatoms. The van der Waals surface area contributed by atoms with Gasteiger partial charge >= 0.3 is 0 Å². The molecule has 0 saturated heterocycles. The average molecular weight is 445 g/mol. The number of para-hydroxylation sites is 1. The minimum absolute atomic E-state index is 0.0262. The number of nitrogens with zero attached hydrogens (tertiary/aromatic N) is 1. The number of methoxy groups -OCH3 is 1. The Balaban J connectivity index is 1.62. The highest BCUT2D eigenvalue weighted by Crippen LogP contribution is 2.41. The number of amides is 1. The Hall–Kier alpha value is -3.47. The summed E-state index contributed by atoms with van der Waals surface area (Å²) in [5.41, 5.74) is 3.50. The Morgan fingerprint density at radius 2 is 1.82 bits per heavy atom. The third kappa shape index (κ3) is 5.30. The van der Waals surface area contributed by atoms with Crippen LogP contribution in [0.25, 0.3) is 10.9 Å². The lowest BCUT2D eigenvalue weighted by molar-refractivity contribution is -0.122. The summed E-state index contributed by atoms with van der Waals surface area (Å²) in [6.07, 6.45) is 4.27. The van der Waals surface area contributed by atoms with Gasteiger partial charge in [-0.1, -0.05) is 51.1 Å². The number of hydrogen-bond donors (Lipinski definition) is 1. The van der Waals surface area contributed by atoms with Crippen molar-refractivity contribution in [3.05, 3.63) is 90.0 Å². The lowest BCUT2D eigenvalue weighted by atomic mass is 9.74. The Bertz CT molecular complexity index is 1200. The number of aromatic nitrogens is 1.